The van der Waals surface area contributed by atoms with Gasteiger partial charge in [0, 0.05) is 5.69 Å². The van der Waals surface area contributed by atoms with Gasteiger partial charge in [0.1, 0.15) is 11.5 Å². The smallest absolute Gasteiger partial charge is 0.255 e. The lowest BCUT2D eigenvalue weighted by atomic mass is 10.1. The Labute approximate surface area is 182 Å². The first-order chi connectivity index (χ1) is 15.1. The predicted molar refractivity (Wildman–Crippen MR) is 119 cm³/mol. The van der Waals surface area contributed by atoms with Crippen LogP contribution >= 0.6 is 0 Å². The third kappa shape index (κ3) is 4.13. The van der Waals surface area contributed by atoms with Gasteiger partial charge in [-0.2, -0.15) is 0 Å². The minimum atomic E-state index is -0.153. The molecule has 1 unspecified atom stereocenters. The first-order valence-electron chi connectivity index (χ1n) is 10.8. The van der Waals surface area contributed by atoms with Gasteiger partial charge in [-0.25, -0.2) is 0 Å². The van der Waals surface area contributed by atoms with Gasteiger partial charge < -0.3 is 14.8 Å². The number of amides is 1. The van der Waals surface area contributed by atoms with E-state index in [2.05, 4.69) is 28.5 Å². The van der Waals surface area contributed by atoms with Crippen LogP contribution in [0.1, 0.15) is 64.0 Å². The molecule has 0 spiro atoms. The Bertz CT molecular complexity index is 1140. The molecule has 158 valence electrons. The maximum absolute atomic E-state index is 13.3. The van der Waals surface area contributed by atoms with Gasteiger partial charge >= 0.3 is 0 Å². The lowest BCUT2D eigenvalue weighted by Crippen LogP contribution is -2.27. The van der Waals surface area contributed by atoms with Gasteiger partial charge in [0.2, 0.25) is 0 Å². The number of pyridine rings is 1. The monoisotopic (exact) mass is 414 g/mol. The van der Waals surface area contributed by atoms with E-state index < -0.39 is 0 Å². The summed E-state index contributed by atoms with van der Waals surface area (Å²) in [6.45, 7) is 1.88. The zero-order chi connectivity index (χ0) is 21.4. The number of benzene rings is 2. The average molecular weight is 415 g/mol. The van der Waals surface area contributed by atoms with Crippen LogP contribution in [0.25, 0.3) is 0 Å². The number of carbonyl (C=O) groups is 1. The number of carbonyl (C=O) groups excluding carboxylic acids is 1. The number of methoxy groups -OCH3 is 1. The quantitative estimate of drug-likeness (QED) is 0.580. The Kier molecular flexibility index (Phi) is 5.10. The SMILES string of the molecule is COc1ccc2c(c1)C(NC(=O)c1cc(C)ncc1Oc1cccc(C3CC3)c1)CC2. The number of hydrogen-bond donors (Lipinski definition) is 1. The van der Waals surface area contributed by atoms with Crippen LogP contribution in [0.3, 0.4) is 0 Å². The second-order valence-corrected chi connectivity index (χ2v) is 8.40. The van der Waals surface area contributed by atoms with Gasteiger partial charge in [-0.15, -0.1) is 0 Å². The highest BCUT2D eigenvalue weighted by molar-refractivity contribution is 5.97. The molecule has 0 radical (unpaired) electrons. The average Bonchev–Trinajstić information content (AvgIpc) is 3.57. The van der Waals surface area contributed by atoms with Crippen molar-refractivity contribution in [1.29, 1.82) is 0 Å². The van der Waals surface area contributed by atoms with E-state index in [1.54, 1.807) is 19.4 Å². The van der Waals surface area contributed by atoms with E-state index in [1.807, 2.05) is 31.2 Å². The van der Waals surface area contributed by atoms with Crippen LogP contribution in [0.2, 0.25) is 0 Å². The van der Waals surface area contributed by atoms with Crippen LogP contribution in [0.15, 0.2) is 54.7 Å². The van der Waals surface area contributed by atoms with Gasteiger partial charge in [0.05, 0.1) is 24.9 Å². The van der Waals surface area contributed by atoms with Crippen molar-refractivity contribution in [2.75, 3.05) is 7.11 Å². The standard InChI is InChI=1S/C26H26N2O3/c1-16-12-23(25(15-27-16)31-21-5-3-4-19(13-21)17-6-7-17)26(29)28-24-11-9-18-8-10-20(30-2)14-22(18)24/h3-5,8,10,12-15,17,24H,6-7,9,11H2,1-2H3,(H,28,29). The number of rotatable bonds is 6. The molecule has 1 amide bonds. The van der Waals surface area contributed by atoms with E-state index in [-0.39, 0.29) is 11.9 Å². The van der Waals surface area contributed by atoms with Crippen molar-refractivity contribution in [3.8, 4) is 17.2 Å². The predicted octanol–water partition coefficient (Wildman–Crippen LogP) is 5.49. The van der Waals surface area contributed by atoms with Crippen molar-refractivity contribution in [2.45, 2.75) is 44.6 Å². The second-order valence-electron chi connectivity index (χ2n) is 8.40. The van der Waals surface area contributed by atoms with Crippen molar-refractivity contribution in [1.82, 2.24) is 10.3 Å². The van der Waals surface area contributed by atoms with Crippen molar-refractivity contribution in [3.63, 3.8) is 0 Å². The minimum absolute atomic E-state index is 0.0443. The molecule has 3 aromatic rings. The van der Waals surface area contributed by atoms with E-state index in [1.165, 1.54) is 24.0 Å². The maximum Gasteiger partial charge on any atom is 0.255 e. The molecule has 1 fully saturated rings. The van der Waals surface area contributed by atoms with Gasteiger partial charge in [-0.05, 0) is 85.5 Å². The summed E-state index contributed by atoms with van der Waals surface area (Å²) in [6.07, 6.45) is 5.92. The molecular formula is C26H26N2O3. The molecule has 5 nitrogen and oxygen atoms in total. The highest BCUT2D eigenvalue weighted by Crippen LogP contribution is 2.41. The summed E-state index contributed by atoms with van der Waals surface area (Å²) < 4.78 is 11.5. The molecular weight excluding hydrogens is 388 g/mol. The van der Waals surface area contributed by atoms with Crippen LogP contribution in [-0.4, -0.2) is 18.0 Å². The summed E-state index contributed by atoms with van der Waals surface area (Å²) >= 11 is 0. The Hall–Kier alpha value is -3.34. The highest BCUT2D eigenvalue weighted by atomic mass is 16.5. The molecule has 0 bridgehead atoms. The zero-order valence-electron chi connectivity index (χ0n) is 17.9. The van der Waals surface area contributed by atoms with Gasteiger partial charge in [0.25, 0.3) is 5.91 Å². The largest absolute Gasteiger partial charge is 0.497 e. The molecule has 5 heteroatoms. The summed E-state index contributed by atoms with van der Waals surface area (Å²) in [4.78, 5) is 17.6. The van der Waals surface area contributed by atoms with Crippen LogP contribution in [0.4, 0.5) is 0 Å². The molecule has 5 rings (SSSR count). The molecule has 2 aliphatic carbocycles. The number of ether oxygens (including phenoxy) is 2. The van der Waals surface area contributed by atoms with Crippen molar-refractivity contribution in [2.24, 2.45) is 0 Å². The molecule has 0 aliphatic heterocycles. The Morgan fingerprint density at radius 3 is 2.74 bits per heavy atom. The summed E-state index contributed by atoms with van der Waals surface area (Å²) in [6, 6.07) is 15.9. The normalized spacial score (nSPS) is 17.2. The molecule has 0 saturated heterocycles. The first kappa shape index (κ1) is 19.6. The molecule has 1 atom stereocenters. The van der Waals surface area contributed by atoms with E-state index in [4.69, 9.17) is 9.47 Å². The van der Waals surface area contributed by atoms with Crippen LogP contribution < -0.4 is 14.8 Å². The maximum atomic E-state index is 13.3. The molecule has 31 heavy (non-hydrogen) atoms. The molecule has 2 aromatic carbocycles. The van der Waals surface area contributed by atoms with Crippen LogP contribution in [0.5, 0.6) is 17.2 Å². The summed E-state index contributed by atoms with van der Waals surface area (Å²) in [5.74, 6) is 2.50. The number of nitrogens with one attached hydrogen (secondary N) is 1. The van der Waals surface area contributed by atoms with E-state index in [0.717, 1.165) is 35.6 Å². The van der Waals surface area contributed by atoms with E-state index in [9.17, 15) is 4.79 Å². The highest BCUT2D eigenvalue weighted by Gasteiger charge is 2.27. The summed E-state index contributed by atoms with van der Waals surface area (Å²) in [5.41, 5.74) is 4.95. The zero-order valence-corrected chi connectivity index (χ0v) is 17.9. The number of hydrogen-bond acceptors (Lipinski definition) is 4. The minimum Gasteiger partial charge on any atom is -0.497 e. The number of fused-ring (bicyclic) bond motifs is 1. The Balaban J connectivity index is 1.39. The van der Waals surface area contributed by atoms with Crippen LogP contribution in [-0.2, 0) is 6.42 Å². The molecule has 1 N–H and O–H groups in total. The fourth-order valence-electron chi connectivity index (χ4n) is 4.27. The Morgan fingerprint density at radius 1 is 1.06 bits per heavy atom. The third-order valence-corrected chi connectivity index (χ3v) is 6.12. The molecule has 1 saturated carbocycles. The molecule has 2 aliphatic rings. The van der Waals surface area contributed by atoms with Crippen LogP contribution in [0, 0.1) is 6.92 Å². The topological polar surface area (TPSA) is 60.5 Å². The van der Waals surface area contributed by atoms with Gasteiger partial charge in [0.15, 0.2) is 5.75 Å². The third-order valence-electron chi connectivity index (χ3n) is 6.12. The van der Waals surface area contributed by atoms with Crippen molar-refractivity contribution >= 4 is 5.91 Å². The van der Waals surface area contributed by atoms with Crippen molar-refractivity contribution in [3.05, 3.63) is 82.7 Å². The van der Waals surface area contributed by atoms with E-state index >= 15 is 0 Å². The number of aryl methyl sites for hydroxylation is 2. The lowest BCUT2D eigenvalue weighted by Gasteiger charge is -2.17. The van der Waals surface area contributed by atoms with E-state index in [0.29, 0.717) is 17.2 Å². The van der Waals surface area contributed by atoms with Crippen molar-refractivity contribution < 1.29 is 14.3 Å². The number of nitrogens with zero attached hydrogens (tertiary/aromatic N) is 1. The van der Waals surface area contributed by atoms with Gasteiger partial charge in [-0.3, -0.25) is 9.78 Å². The number of aromatic nitrogens is 1. The fraction of sp³-hybridized carbons (Fsp3) is 0.308. The van der Waals surface area contributed by atoms with Gasteiger partial charge in [-0.1, -0.05) is 18.2 Å². The summed E-state index contributed by atoms with van der Waals surface area (Å²) in [5, 5.41) is 3.19. The summed E-state index contributed by atoms with van der Waals surface area (Å²) in [7, 11) is 1.66. The Morgan fingerprint density at radius 2 is 1.94 bits per heavy atom. The fourth-order valence-corrected chi connectivity index (χ4v) is 4.27. The molecule has 1 heterocycles. The lowest BCUT2D eigenvalue weighted by molar-refractivity contribution is 0.0934. The molecule has 1 aromatic heterocycles. The second kappa shape index (κ2) is 8.06. The first-order valence-corrected chi connectivity index (χ1v) is 10.8.